The number of ether oxygens (including phenoxy) is 12. The Morgan fingerprint density at radius 2 is 1.39 bits per heavy atom. The molecule has 79 heavy (non-hydrogen) atoms. The molecule has 4 saturated heterocycles. The molecule has 21 heteroatoms. The van der Waals surface area contributed by atoms with Crippen molar-refractivity contribution in [2.75, 3.05) is 35.0 Å². The Bertz CT molecular complexity index is 2080. The molecule has 0 aromatic rings. The van der Waals surface area contributed by atoms with Crippen LogP contribution in [-0.4, -0.2) is 216 Å². The first-order valence-electron chi connectivity index (χ1n) is 27.9. The van der Waals surface area contributed by atoms with Crippen LogP contribution in [0.25, 0.3) is 0 Å². The third-order valence-corrected chi connectivity index (χ3v) is 16.3. The number of carbonyl (C=O) groups is 1. The Balaban J connectivity index is 1.41. The molecule has 4 fully saturated rings. The van der Waals surface area contributed by atoms with Gasteiger partial charge >= 0.3 is 5.97 Å². The minimum atomic E-state index is -2.53. The lowest BCUT2D eigenvalue weighted by Crippen LogP contribution is -2.66. The van der Waals surface area contributed by atoms with Crippen molar-refractivity contribution in [3.63, 3.8) is 0 Å². The maximum Gasteiger partial charge on any atom is 0.334 e. The van der Waals surface area contributed by atoms with E-state index in [9.17, 15) is 45.6 Å². The van der Waals surface area contributed by atoms with E-state index in [4.69, 9.17) is 56.8 Å². The Labute approximate surface area is 467 Å². The van der Waals surface area contributed by atoms with E-state index in [2.05, 4.69) is 0 Å². The molecule has 8 N–H and O–H groups in total. The van der Waals surface area contributed by atoms with Gasteiger partial charge in [0.15, 0.2) is 25.0 Å². The predicted octanol–water partition coefficient (Wildman–Crippen LogP) is 3.59. The van der Waals surface area contributed by atoms with E-state index in [1.165, 1.54) is 42.3 Å². The summed E-state index contributed by atoms with van der Waals surface area (Å²) in [4.78, 5) is 14.3. The van der Waals surface area contributed by atoms with E-state index in [0.29, 0.717) is 12.0 Å². The average molecular weight is 1130 g/mol. The van der Waals surface area contributed by atoms with Gasteiger partial charge in [0.2, 0.25) is 5.79 Å². The molecule has 1 unspecified atom stereocenters. The van der Waals surface area contributed by atoms with Crippen LogP contribution in [0.1, 0.15) is 115 Å². The zero-order valence-electron chi connectivity index (χ0n) is 49.1. The molecule has 0 spiro atoms. The molecule has 0 bridgehead atoms. The molecule has 5 rings (SSSR count). The standard InChI is InChI=1S/C58H96O21/c1-29-17-16-18-40(59)44(69-13)25-41(60)54(78-55(65)33(5)23-31(3)21-30(2)22-32(4)42(20-19-29)76-56-51(64)50(63)52(71-15)37(9)74-56)58(67)35(7)48(61)34(6)43(79-58)24-39(28-68-12)75-47-27-57(11,66)53(38(10)73-47)77-46-26-45(70-14)49(62)36(8)72-46/h17,19-23,32,34-54,56,59-64,66-67H,16,18,24-28H2,1-15H3/b20-19+,29-17+,30-22+,31-21+,33-23-/t32-,34+,35-,36-,37+,38+,39-,40+,41+,42?,43-,44+,45-,46+,47+,48+,49-,50+,51+,52+,53+,54-,56+,57+,58-/m1/s1. The minimum absolute atomic E-state index is 0.000680. The second-order valence-corrected chi connectivity index (χ2v) is 23.0. The molecule has 454 valence electrons. The first-order valence-corrected chi connectivity index (χ1v) is 27.9. The SMILES string of the molecule is COC[C@@H](C[C@H]1O[C@@](O)([C@@H]2OC(=O)\C(C)=C/C(C)=C/C(C)=C/[C@@H](C)C(O[C@@H]3O[C@@H](C)[C@H](OC)[C@@H](O)[C@@H]3O)/C=C/C(C)=C/CC[C@H](O)[C@@H](OC)C[C@@H]2O)[C@H](C)[C@@H](O)[C@H]1C)O[C@H]1C[C@](C)(O)[C@@H](O[C@H]2C[C@@H](OC)[C@H](O)[C@@H](C)O2)[C@H](C)O1. The fraction of sp³-hybridized carbons (Fsp3) is 0.810. The van der Waals surface area contributed by atoms with Crippen LogP contribution in [0, 0.1) is 17.8 Å². The molecule has 0 aromatic heterocycles. The van der Waals surface area contributed by atoms with Gasteiger partial charge in [-0.05, 0) is 74.3 Å². The van der Waals surface area contributed by atoms with Crippen molar-refractivity contribution in [1.29, 1.82) is 0 Å². The Morgan fingerprint density at radius 3 is 2.03 bits per heavy atom. The summed E-state index contributed by atoms with van der Waals surface area (Å²) in [6.07, 6.45) is -8.51. The number of methoxy groups -OCH3 is 4. The molecule has 5 aliphatic heterocycles. The smallest absolute Gasteiger partial charge is 0.334 e. The Hall–Kier alpha value is -2.59. The first-order chi connectivity index (χ1) is 37.1. The number of esters is 1. The first kappa shape index (κ1) is 67.2. The van der Waals surface area contributed by atoms with E-state index in [0.717, 1.165) is 11.1 Å². The molecule has 0 aliphatic carbocycles. The summed E-state index contributed by atoms with van der Waals surface area (Å²) in [5, 5.41) is 92.8. The van der Waals surface area contributed by atoms with Crippen LogP contribution < -0.4 is 0 Å². The van der Waals surface area contributed by atoms with E-state index in [1.54, 1.807) is 47.6 Å². The van der Waals surface area contributed by atoms with Crippen molar-refractivity contribution in [3.8, 4) is 0 Å². The average Bonchev–Trinajstić information content (AvgIpc) is 3.41. The zero-order chi connectivity index (χ0) is 58.8. The molecule has 25 atom stereocenters. The van der Waals surface area contributed by atoms with Crippen molar-refractivity contribution in [3.05, 3.63) is 58.7 Å². The van der Waals surface area contributed by atoms with Gasteiger partial charge in [0, 0.05) is 77.4 Å². The topological polar surface area (TPSA) is 290 Å². The van der Waals surface area contributed by atoms with Crippen LogP contribution in [0.3, 0.4) is 0 Å². The van der Waals surface area contributed by atoms with E-state index in [1.807, 2.05) is 51.2 Å². The fourth-order valence-corrected chi connectivity index (χ4v) is 11.6. The van der Waals surface area contributed by atoms with Gasteiger partial charge in [-0.3, -0.25) is 0 Å². The van der Waals surface area contributed by atoms with Crippen molar-refractivity contribution >= 4 is 5.97 Å². The molecule has 21 nitrogen and oxygen atoms in total. The van der Waals surface area contributed by atoms with Gasteiger partial charge in [-0.1, -0.05) is 67.9 Å². The zero-order valence-corrected chi connectivity index (χ0v) is 49.1. The summed E-state index contributed by atoms with van der Waals surface area (Å²) in [7, 11) is 5.79. The summed E-state index contributed by atoms with van der Waals surface area (Å²) in [5.74, 6) is -5.55. The lowest BCUT2D eigenvalue weighted by Gasteiger charge is -2.52. The number of hydrogen-bond donors (Lipinski definition) is 8. The highest BCUT2D eigenvalue weighted by atomic mass is 16.7. The van der Waals surface area contributed by atoms with Crippen LogP contribution >= 0.6 is 0 Å². The van der Waals surface area contributed by atoms with E-state index in [-0.39, 0.29) is 50.2 Å². The number of cyclic esters (lactones) is 1. The van der Waals surface area contributed by atoms with Crippen LogP contribution in [0.2, 0.25) is 0 Å². The predicted molar refractivity (Wildman–Crippen MR) is 288 cm³/mol. The number of allylic oxidation sites excluding steroid dienone is 7. The number of carbonyl (C=O) groups excluding carboxylic acids is 1. The number of rotatable bonds is 14. The summed E-state index contributed by atoms with van der Waals surface area (Å²) in [6, 6.07) is 0. The highest BCUT2D eigenvalue weighted by Gasteiger charge is 2.59. The number of aliphatic hydroxyl groups is 8. The second-order valence-electron chi connectivity index (χ2n) is 23.0. The molecule has 0 aromatic carbocycles. The minimum Gasteiger partial charge on any atom is -0.450 e. The molecule has 0 amide bonds. The van der Waals surface area contributed by atoms with Gasteiger partial charge in [0.25, 0.3) is 0 Å². The summed E-state index contributed by atoms with van der Waals surface area (Å²) < 4.78 is 72.2. The van der Waals surface area contributed by atoms with Gasteiger partial charge in [0.1, 0.15) is 30.5 Å². The molecule has 5 heterocycles. The monoisotopic (exact) mass is 1130 g/mol. The van der Waals surface area contributed by atoms with Gasteiger partial charge in [-0.15, -0.1) is 0 Å². The summed E-state index contributed by atoms with van der Waals surface area (Å²) >= 11 is 0. The second kappa shape index (κ2) is 29.8. The van der Waals surface area contributed by atoms with Crippen LogP contribution in [0.4, 0.5) is 0 Å². The summed E-state index contributed by atoms with van der Waals surface area (Å²) in [5.41, 5.74) is 0.889. The molecule has 0 saturated carbocycles. The lowest BCUT2D eigenvalue weighted by atomic mass is 9.76. The van der Waals surface area contributed by atoms with Crippen LogP contribution in [-0.2, 0) is 61.6 Å². The quantitative estimate of drug-likeness (QED) is 0.115. The molecule has 5 aliphatic rings. The van der Waals surface area contributed by atoms with Gasteiger partial charge < -0.3 is 97.7 Å². The number of aliphatic hydroxyl groups excluding tert-OH is 6. The van der Waals surface area contributed by atoms with Crippen LogP contribution in [0.15, 0.2) is 58.7 Å². The van der Waals surface area contributed by atoms with Crippen molar-refractivity contribution in [2.24, 2.45) is 17.8 Å². The van der Waals surface area contributed by atoms with Gasteiger partial charge in [0.05, 0.1) is 79.4 Å². The largest absolute Gasteiger partial charge is 0.450 e. The highest BCUT2D eigenvalue weighted by molar-refractivity contribution is 5.88. The summed E-state index contributed by atoms with van der Waals surface area (Å²) in [6.45, 7) is 19.1. The fourth-order valence-electron chi connectivity index (χ4n) is 11.6. The third kappa shape index (κ3) is 17.3. The third-order valence-electron chi connectivity index (χ3n) is 16.3. The van der Waals surface area contributed by atoms with Gasteiger partial charge in [-0.2, -0.15) is 0 Å². The van der Waals surface area contributed by atoms with Crippen molar-refractivity contribution in [2.45, 2.75) is 249 Å². The maximum atomic E-state index is 14.3. The molecule has 0 radical (unpaired) electrons. The van der Waals surface area contributed by atoms with Crippen molar-refractivity contribution in [1.82, 2.24) is 0 Å². The Morgan fingerprint density at radius 1 is 0.722 bits per heavy atom. The molecular weight excluding hydrogens is 1030 g/mol. The lowest BCUT2D eigenvalue weighted by molar-refractivity contribution is -0.366. The highest BCUT2D eigenvalue weighted by Crippen LogP contribution is 2.44. The van der Waals surface area contributed by atoms with E-state index < -0.39 is 152 Å². The number of hydrogen-bond acceptors (Lipinski definition) is 21. The Kier molecular flexibility index (Phi) is 25.3. The van der Waals surface area contributed by atoms with E-state index >= 15 is 0 Å². The van der Waals surface area contributed by atoms with Crippen molar-refractivity contribution < 1.29 is 102 Å². The maximum absolute atomic E-state index is 14.3. The van der Waals surface area contributed by atoms with Gasteiger partial charge in [-0.25, -0.2) is 4.79 Å². The molecular formula is C58H96O21. The normalized spacial score (nSPS) is 47.4. The van der Waals surface area contributed by atoms with Crippen LogP contribution in [0.5, 0.6) is 0 Å².